The summed E-state index contributed by atoms with van der Waals surface area (Å²) in [6, 6.07) is 11.1. The zero-order chi connectivity index (χ0) is 14.5. The maximum absolute atomic E-state index is 12.3. The molecule has 0 saturated carbocycles. The van der Waals surface area contributed by atoms with E-state index in [1.807, 2.05) is 6.07 Å². The lowest BCUT2D eigenvalue weighted by molar-refractivity contribution is -0.387. The van der Waals surface area contributed by atoms with Gasteiger partial charge in [-0.05, 0) is 12.1 Å². The van der Waals surface area contributed by atoms with Crippen molar-refractivity contribution in [2.75, 3.05) is 0 Å². The van der Waals surface area contributed by atoms with Crippen molar-refractivity contribution in [3.05, 3.63) is 64.0 Å². The van der Waals surface area contributed by atoms with Crippen molar-refractivity contribution < 1.29 is 9.13 Å². The predicted molar refractivity (Wildman–Crippen MR) is 72.2 cm³/mol. The molecule has 0 amide bonds. The Morgan fingerprint density at radius 2 is 2.05 bits per heavy atom. The van der Waals surface area contributed by atoms with Gasteiger partial charge in [0.1, 0.15) is 16.7 Å². The molecular formula is C13H9N3O3S. The first-order valence-electron chi connectivity index (χ1n) is 5.59. The molecule has 0 bridgehead atoms. The van der Waals surface area contributed by atoms with Crippen molar-refractivity contribution >= 4 is 16.5 Å². The molecule has 2 aromatic rings. The summed E-state index contributed by atoms with van der Waals surface area (Å²) in [7, 11) is -1.61. The fourth-order valence-corrected chi connectivity index (χ4v) is 2.95. The van der Waals surface area contributed by atoms with Crippen LogP contribution in [0.25, 0.3) is 0 Å². The van der Waals surface area contributed by atoms with Crippen molar-refractivity contribution in [1.82, 2.24) is 4.98 Å². The number of rotatable bonds is 4. The van der Waals surface area contributed by atoms with Crippen molar-refractivity contribution in [2.24, 2.45) is 0 Å². The maximum atomic E-state index is 12.3. The van der Waals surface area contributed by atoms with E-state index in [1.165, 1.54) is 24.4 Å². The molecule has 6 nitrogen and oxygen atoms in total. The minimum atomic E-state index is -1.61. The molecule has 0 aliphatic rings. The molecule has 100 valence electrons. The number of para-hydroxylation sites is 1. The number of nitrogens with zero attached hydrogens (tertiary/aromatic N) is 3. The zero-order valence-electron chi connectivity index (χ0n) is 10.2. The molecule has 0 aliphatic carbocycles. The lowest BCUT2D eigenvalue weighted by atomic mass is 10.2. The number of benzene rings is 1. The normalized spacial score (nSPS) is 11.6. The summed E-state index contributed by atoms with van der Waals surface area (Å²) < 4.78 is 12.3. The van der Waals surface area contributed by atoms with E-state index in [0.29, 0.717) is 5.56 Å². The molecule has 20 heavy (non-hydrogen) atoms. The Hall–Kier alpha value is -2.59. The average molecular weight is 287 g/mol. The number of hydrogen-bond donors (Lipinski definition) is 0. The van der Waals surface area contributed by atoms with E-state index in [0.717, 1.165) is 0 Å². The Morgan fingerprint density at radius 3 is 2.75 bits per heavy atom. The van der Waals surface area contributed by atoms with E-state index in [-0.39, 0.29) is 22.0 Å². The first-order valence-corrected chi connectivity index (χ1v) is 6.91. The van der Waals surface area contributed by atoms with Crippen molar-refractivity contribution in [3.63, 3.8) is 0 Å². The van der Waals surface area contributed by atoms with Gasteiger partial charge in [0.2, 0.25) is 0 Å². The van der Waals surface area contributed by atoms with Gasteiger partial charge in [0.15, 0.2) is 0 Å². The van der Waals surface area contributed by atoms with E-state index in [4.69, 9.17) is 5.26 Å². The quantitative estimate of drug-likeness (QED) is 0.634. The van der Waals surface area contributed by atoms with E-state index >= 15 is 0 Å². The van der Waals surface area contributed by atoms with Gasteiger partial charge in [0, 0.05) is 17.8 Å². The second-order valence-electron chi connectivity index (χ2n) is 3.84. The van der Waals surface area contributed by atoms with Crippen LogP contribution >= 0.6 is 0 Å². The monoisotopic (exact) mass is 287 g/mol. The SMILES string of the molecule is N#Cc1ncccc1CS(=O)c1ccccc1[N+](=O)[O-]. The molecule has 0 spiro atoms. The smallest absolute Gasteiger partial charge is 0.258 e. The molecule has 0 aliphatic heterocycles. The number of nitro benzene ring substituents is 1. The average Bonchev–Trinajstić information content (AvgIpc) is 2.47. The van der Waals surface area contributed by atoms with Crippen LogP contribution in [0, 0.1) is 21.4 Å². The Bertz CT molecular complexity index is 725. The molecule has 1 atom stereocenters. The number of nitriles is 1. The maximum Gasteiger partial charge on any atom is 0.285 e. The second kappa shape index (κ2) is 6.04. The molecule has 7 heteroatoms. The fraction of sp³-hybridized carbons (Fsp3) is 0.0769. The molecule has 1 aromatic carbocycles. The van der Waals surface area contributed by atoms with Gasteiger partial charge < -0.3 is 0 Å². The molecule has 0 N–H and O–H groups in total. The molecule has 2 rings (SSSR count). The molecule has 0 fully saturated rings. The highest BCUT2D eigenvalue weighted by Crippen LogP contribution is 2.23. The van der Waals surface area contributed by atoms with Gasteiger partial charge >= 0.3 is 0 Å². The predicted octanol–water partition coefficient (Wildman–Crippen LogP) is 2.17. The third-order valence-electron chi connectivity index (χ3n) is 2.59. The molecule has 1 aromatic heterocycles. The minimum Gasteiger partial charge on any atom is -0.258 e. The van der Waals surface area contributed by atoms with Crippen LogP contribution < -0.4 is 0 Å². The van der Waals surface area contributed by atoms with Gasteiger partial charge in [-0.1, -0.05) is 18.2 Å². The Morgan fingerprint density at radius 1 is 1.30 bits per heavy atom. The number of pyridine rings is 1. The van der Waals surface area contributed by atoms with Crippen LogP contribution in [0.5, 0.6) is 0 Å². The van der Waals surface area contributed by atoms with Gasteiger partial charge in [-0.2, -0.15) is 5.26 Å². The topological polar surface area (TPSA) is 96.9 Å². The molecule has 1 unspecified atom stereocenters. The van der Waals surface area contributed by atoms with Gasteiger partial charge in [-0.15, -0.1) is 0 Å². The summed E-state index contributed by atoms with van der Waals surface area (Å²) in [6.45, 7) is 0. The largest absolute Gasteiger partial charge is 0.285 e. The Labute approximate surface area is 117 Å². The summed E-state index contributed by atoms with van der Waals surface area (Å²) in [5.41, 5.74) is 0.499. The van der Waals surface area contributed by atoms with Crippen LogP contribution in [0.4, 0.5) is 5.69 Å². The van der Waals surface area contributed by atoms with E-state index in [2.05, 4.69) is 4.98 Å². The lowest BCUT2D eigenvalue weighted by Crippen LogP contribution is -2.03. The summed E-state index contributed by atoms with van der Waals surface area (Å²) in [5.74, 6) is 0.0155. The van der Waals surface area contributed by atoms with Crippen molar-refractivity contribution in [2.45, 2.75) is 10.6 Å². The van der Waals surface area contributed by atoms with E-state index in [9.17, 15) is 14.3 Å². The summed E-state index contributed by atoms with van der Waals surface area (Å²) in [5, 5.41) is 19.8. The third kappa shape index (κ3) is 2.87. The van der Waals surface area contributed by atoms with Crippen LogP contribution in [0.2, 0.25) is 0 Å². The summed E-state index contributed by atoms with van der Waals surface area (Å²) >= 11 is 0. The third-order valence-corrected chi connectivity index (χ3v) is 4.00. The summed E-state index contributed by atoms with van der Waals surface area (Å²) in [4.78, 5) is 14.4. The van der Waals surface area contributed by atoms with Gasteiger partial charge in [0.25, 0.3) is 5.69 Å². The van der Waals surface area contributed by atoms with Crippen LogP contribution in [0.1, 0.15) is 11.3 Å². The van der Waals surface area contributed by atoms with Crippen LogP contribution in [-0.2, 0) is 16.6 Å². The highest BCUT2D eigenvalue weighted by atomic mass is 32.2. The van der Waals surface area contributed by atoms with Crippen LogP contribution in [-0.4, -0.2) is 14.1 Å². The first kappa shape index (κ1) is 13.8. The highest BCUT2D eigenvalue weighted by molar-refractivity contribution is 7.84. The highest BCUT2D eigenvalue weighted by Gasteiger charge is 2.19. The Balaban J connectivity index is 2.34. The standard InChI is InChI=1S/C13H9N3O3S/c14-8-11-10(4-3-7-15-11)9-20(19)13-6-2-1-5-12(13)16(17)18/h1-7H,9H2. The molecule has 1 heterocycles. The first-order chi connectivity index (χ1) is 9.63. The molecule has 0 saturated heterocycles. The number of aromatic nitrogens is 1. The number of hydrogen-bond acceptors (Lipinski definition) is 5. The second-order valence-corrected chi connectivity index (χ2v) is 5.26. The van der Waals surface area contributed by atoms with E-state index < -0.39 is 15.7 Å². The lowest BCUT2D eigenvalue weighted by Gasteiger charge is -2.04. The van der Waals surface area contributed by atoms with Crippen molar-refractivity contribution in [3.8, 4) is 6.07 Å². The van der Waals surface area contributed by atoms with Crippen molar-refractivity contribution in [1.29, 1.82) is 5.26 Å². The van der Waals surface area contributed by atoms with Crippen LogP contribution in [0.3, 0.4) is 0 Å². The van der Waals surface area contributed by atoms with E-state index in [1.54, 1.807) is 18.2 Å². The Kier molecular flexibility index (Phi) is 4.17. The zero-order valence-corrected chi connectivity index (χ0v) is 11.0. The van der Waals surface area contributed by atoms with Gasteiger partial charge in [-0.25, -0.2) is 4.98 Å². The minimum absolute atomic E-state index is 0.0155. The fourth-order valence-electron chi connectivity index (χ4n) is 1.68. The van der Waals surface area contributed by atoms with Gasteiger partial charge in [-0.3, -0.25) is 14.3 Å². The molecule has 0 radical (unpaired) electrons. The summed E-state index contributed by atoms with van der Waals surface area (Å²) in [6.07, 6.45) is 1.47. The number of nitro groups is 1. The van der Waals surface area contributed by atoms with Crippen LogP contribution in [0.15, 0.2) is 47.5 Å². The van der Waals surface area contributed by atoms with Gasteiger partial charge in [0.05, 0.1) is 21.5 Å². The molecular weight excluding hydrogens is 278 g/mol.